The third-order valence-electron chi connectivity index (χ3n) is 0.782. The maximum absolute atomic E-state index is 10.1. The molecule has 0 radical (unpaired) electrons. The topological polar surface area (TPSA) is 136 Å². The lowest BCUT2D eigenvalue weighted by atomic mass is 10.2. The van der Waals surface area contributed by atoms with Gasteiger partial charge in [0.25, 0.3) is 7.82 Å². The highest BCUT2D eigenvalue weighted by Gasteiger charge is 2.23. The molecule has 0 rings (SSSR count). The highest BCUT2D eigenvalue weighted by molar-refractivity contribution is 7.46. The lowest BCUT2D eigenvalue weighted by molar-refractivity contribution is -0.228. The van der Waals surface area contributed by atoms with E-state index in [0.29, 0.717) is 0 Å². The van der Waals surface area contributed by atoms with Crippen molar-refractivity contribution < 1.29 is 37.8 Å². The average molecular weight is 339 g/mol. The van der Waals surface area contributed by atoms with Gasteiger partial charge in [-0.3, -0.25) is 9.09 Å². The molecule has 0 saturated heterocycles. The van der Waals surface area contributed by atoms with Crippen molar-refractivity contribution >= 4 is 15.6 Å². The van der Waals surface area contributed by atoms with Gasteiger partial charge in [0.05, 0.1) is 11.2 Å². The van der Waals surface area contributed by atoms with Crippen molar-refractivity contribution in [3.63, 3.8) is 0 Å². The van der Waals surface area contributed by atoms with E-state index in [1.807, 2.05) is 0 Å². The van der Waals surface area contributed by atoms with Gasteiger partial charge in [-0.25, -0.2) is 4.57 Å². The quantitative estimate of drug-likeness (QED) is 0.652. The first kappa shape index (κ1) is 28.4. The molecule has 0 aromatic rings. The summed E-state index contributed by atoms with van der Waals surface area (Å²) in [6, 6.07) is 0. The Hall–Kier alpha value is 0.220. The van der Waals surface area contributed by atoms with E-state index in [0.717, 1.165) is 0 Å². The molecule has 0 aliphatic carbocycles. The van der Waals surface area contributed by atoms with Crippen molar-refractivity contribution in [3.8, 4) is 0 Å². The van der Waals surface area contributed by atoms with Crippen LogP contribution in [-0.4, -0.2) is 25.9 Å². The summed E-state index contributed by atoms with van der Waals surface area (Å²) in [6.45, 7) is 9.33. The van der Waals surface area contributed by atoms with E-state index in [4.69, 9.17) is 14.7 Å². The van der Waals surface area contributed by atoms with E-state index in [1.54, 1.807) is 20.8 Å². The number of phosphoric acid groups is 2. The minimum absolute atomic E-state index is 0. The molecule has 0 saturated carbocycles. The Labute approximate surface area is 122 Å². The summed E-state index contributed by atoms with van der Waals surface area (Å²) in [4.78, 5) is 34.6. The fourth-order valence-electron chi connectivity index (χ4n) is 0.703. The maximum Gasteiger partial charge on any atom is 0.470 e. The fourth-order valence-corrected chi connectivity index (χ4v) is 2.11. The minimum Gasteiger partial charge on any atom is -0.756 e. The Morgan fingerprint density at radius 2 is 1.05 bits per heavy atom. The van der Waals surface area contributed by atoms with Crippen molar-refractivity contribution in [1.29, 1.82) is 0 Å². The van der Waals surface area contributed by atoms with Crippen LogP contribution in [0.4, 0.5) is 0 Å². The molecule has 1 atom stereocenters. The second kappa shape index (κ2) is 9.28. The average Bonchev–Trinajstić information content (AvgIpc) is 1.64. The monoisotopic (exact) mass is 339 g/mol. The van der Waals surface area contributed by atoms with E-state index >= 15 is 0 Å². The van der Waals surface area contributed by atoms with Gasteiger partial charge in [-0.1, -0.05) is 14.9 Å². The predicted octanol–water partition coefficient (Wildman–Crippen LogP) is 2.43. The molecule has 0 fully saturated rings. The van der Waals surface area contributed by atoms with Crippen molar-refractivity contribution in [3.05, 3.63) is 0 Å². The van der Waals surface area contributed by atoms with Crippen LogP contribution in [0.5, 0.6) is 0 Å². The predicted molar refractivity (Wildman–Crippen MR) is 77.0 cm³/mol. The third kappa shape index (κ3) is 36.2. The molecule has 0 aliphatic heterocycles. The number of rotatable bonds is 2. The Morgan fingerprint density at radius 1 is 0.800 bits per heavy atom. The molecule has 0 heterocycles. The lowest BCUT2D eigenvalue weighted by Crippen LogP contribution is -2.20. The molecule has 0 bridgehead atoms. The molecule has 0 aliphatic rings. The molecule has 128 valence electrons. The smallest absolute Gasteiger partial charge is 0.470 e. The highest BCUT2D eigenvalue weighted by Crippen LogP contribution is 2.40. The molecule has 0 spiro atoms. The second-order valence-electron chi connectivity index (χ2n) is 5.37. The number of hydrogen-bond donors (Lipinski definition) is 3. The van der Waals surface area contributed by atoms with Gasteiger partial charge in [0.1, 0.15) is 0 Å². The minimum atomic E-state index is -4.54. The summed E-state index contributed by atoms with van der Waals surface area (Å²) < 4.78 is 28.6. The van der Waals surface area contributed by atoms with Gasteiger partial charge in [0.15, 0.2) is 0 Å². The zero-order chi connectivity index (χ0) is 15.4. The van der Waals surface area contributed by atoms with Crippen molar-refractivity contribution in [2.75, 3.05) is 0 Å². The molecular weight excluding hydrogens is 310 g/mol. The first-order valence-electron chi connectivity index (χ1n) is 4.92. The molecule has 3 N–H and O–H groups in total. The van der Waals surface area contributed by atoms with E-state index in [-0.39, 0.29) is 14.9 Å². The van der Waals surface area contributed by atoms with Gasteiger partial charge in [0, 0.05) is 0 Å². The summed E-state index contributed by atoms with van der Waals surface area (Å²) in [5, 5.41) is 0. The Morgan fingerprint density at radius 3 is 1.05 bits per heavy atom. The van der Waals surface area contributed by atoms with Crippen LogP contribution < -0.4 is 4.89 Å². The lowest BCUT2D eigenvalue weighted by Gasteiger charge is -2.26. The number of phosphoric ester groups is 2. The molecule has 0 amide bonds. The zero-order valence-electron chi connectivity index (χ0n) is 11.3. The van der Waals surface area contributed by atoms with Crippen molar-refractivity contribution in [2.24, 2.45) is 0 Å². The van der Waals surface area contributed by atoms with Gasteiger partial charge >= 0.3 is 7.82 Å². The first-order valence-corrected chi connectivity index (χ1v) is 7.95. The van der Waals surface area contributed by atoms with Gasteiger partial charge < -0.3 is 24.1 Å². The summed E-state index contributed by atoms with van der Waals surface area (Å²) in [7, 11) is -8.82. The molecule has 1 unspecified atom stereocenters. The van der Waals surface area contributed by atoms with Gasteiger partial charge in [-0.2, -0.15) is 0 Å². The van der Waals surface area contributed by atoms with Crippen molar-refractivity contribution in [2.45, 2.75) is 67.6 Å². The molecule has 0 aromatic carbocycles. The summed E-state index contributed by atoms with van der Waals surface area (Å²) in [5.41, 5.74) is -1.62. The van der Waals surface area contributed by atoms with Crippen LogP contribution in [0.1, 0.15) is 56.4 Å². The Kier molecular flexibility index (Phi) is 13.2. The molecular formula is C10H29O8P2-. The van der Waals surface area contributed by atoms with E-state index in [1.165, 1.54) is 20.8 Å². The van der Waals surface area contributed by atoms with Gasteiger partial charge in [-0.05, 0) is 41.5 Å². The second-order valence-corrected chi connectivity index (χ2v) is 7.65. The van der Waals surface area contributed by atoms with E-state index < -0.39 is 26.8 Å². The molecule has 8 nitrogen and oxygen atoms in total. The standard InChI is InChI=1S/2C4H11O4P.2CH4/c2*1-4(2,3)8-9(5,6)7;;/h2*1-3H3,(H2,5,6,7);2*1H4/p-1. The van der Waals surface area contributed by atoms with Crippen molar-refractivity contribution in [1.82, 2.24) is 0 Å². The van der Waals surface area contributed by atoms with Crippen LogP contribution in [0.3, 0.4) is 0 Å². The molecule has 0 aromatic heterocycles. The maximum atomic E-state index is 10.1. The van der Waals surface area contributed by atoms with Crippen LogP contribution in [0.25, 0.3) is 0 Å². The fraction of sp³-hybridized carbons (Fsp3) is 1.00. The van der Waals surface area contributed by atoms with Crippen LogP contribution in [-0.2, 0) is 18.2 Å². The summed E-state index contributed by atoms with van der Waals surface area (Å²) in [5.74, 6) is 0. The van der Waals surface area contributed by atoms with Crippen LogP contribution in [0.2, 0.25) is 0 Å². The summed E-state index contributed by atoms with van der Waals surface area (Å²) >= 11 is 0. The van der Waals surface area contributed by atoms with Crippen LogP contribution in [0.15, 0.2) is 0 Å². The largest absolute Gasteiger partial charge is 0.756 e. The SMILES string of the molecule is C.C.CC(C)(C)OP(=O)(O)O.CC(C)(C)OP(=O)([O-])O. The third-order valence-corrected chi connectivity index (χ3v) is 2.35. The van der Waals surface area contributed by atoms with Gasteiger partial charge in [0.2, 0.25) is 0 Å². The Balaban J connectivity index is -0.000000116. The molecule has 20 heavy (non-hydrogen) atoms. The Bertz CT molecular complexity index is 296. The van der Waals surface area contributed by atoms with E-state index in [2.05, 4.69) is 9.05 Å². The highest BCUT2D eigenvalue weighted by atomic mass is 31.2. The van der Waals surface area contributed by atoms with E-state index in [9.17, 15) is 14.0 Å². The van der Waals surface area contributed by atoms with Crippen LogP contribution >= 0.6 is 15.6 Å². The normalized spacial score (nSPS) is 14.9. The number of hydrogen-bond acceptors (Lipinski definition) is 5. The van der Waals surface area contributed by atoms with Crippen LogP contribution in [0, 0.1) is 0 Å². The summed E-state index contributed by atoms with van der Waals surface area (Å²) in [6.07, 6.45) is 0. The molecule has 10 heteroatoms. The zero-order valence-corrected chi connectivity index (χ0v) is 13.1. The van der Waals surface area contributed by atoms with Gasteiger partial charge in [-0.15, -0.1) is 0 Å². The first-order chi connectivity index (χ1) is 7.41.